The van der Waals surface area contributed by atoms with Crippen LogP contribution in [0.5, 0.6) is 11.5 Å². The highest BCUT2D eigenvalue weighted by atomic mass is 16.3. The number of benzene rings is 4. The number of fused-ring (bicyclic) bond motifs is 3. The Kier molecular flexibility index (Phi) is 4.39. The van der Waals surface area contributed by atoms with Gasteiger partial charge in [-0.25, -0.2) is 0 Å². The van der Waals surface area contributed by atoms with Crippen molar-refractivity contribution in [1.29, 1.82) is 0 Å². The minimum absolute atomic E-state index is 0.246. The summed E-state index contributed by atoms with van der Waals surface area (Å²) in [6.45, 7) is 2.11. The molecular weight excluding hydrogens is 444 g/mol. The minimum atomic E-state index is 0.246. The van der Waals surface area contributed by atoms with E-state index in [0.717, 1.165) is 61.8 Å². The molecule has 36 heavy (non-hydrogen) atoms. The van der Waals surface area contributed by atoms with E-state index in [1.807, 2.05) is 24.4 Å². The van der Waals surface area contributed by atoms with Crippen molar-refractivity contribution in [3.8, 4) is 33.8 Å². The van der Waals surface area contributed by atoms with Crippen LogP contribution in [0.2, 0.25) is 0 Å². The van der Waals surface area contributed by atoms with Gasteiger partial charge in [-0.3, -0.25) is 0 Å². The van der Waals surface area contributed by atoms with Gasteiger partial charge in [-0.05, 0) is 101 Å². The summed E-state index contributed by atoms with van der Waals surface area (Å²) in [6.07, 6.45) is 7.16. The van der Waals surface area contributed by atoms with Crippen LogP contribution in [-0.4, -0.2) is 20.2 Å². The Labute approximate surface area is 208 Å². The third-order valence-corrected chi connectivity index (χ3v) is 7.27. The summed E-state index contributed by atoms with van der Waals surface area (Å²) in [4.78, 5) is 6.77. The number of aromatic nitrogens is 2. The molecule has 6 aromatic rings. The molecule has 0 fully saturated rings. The van der Waals surface area contributed by atoms with E-state index < -0.39 is 0 Å². The largest absolute Gasteiger partial charge is 0.508 e. The maximum Gasteiger partial charge on any atom is 0.117 e. The van der Waals surface area contributed by atoms with Crippen LogP contribution in [0.15, 0.2) is 91.3 Å². The van der Waals surface area contributed by atoms with Gasteiger partial charge in [0.05, 0.1) is 0 Å². The molecule has 4 N–H and O–H groups in total. The number of aryl methyl sites for hydroxylation is 1. The van der Waals surface area contributed by atoms with Gasteiger partial charge in [0.2, 0.25) is 0 Å². The normalized spacial score (nSPS) is 12.9. The van der Waals surface area contributed by atoms with Crippen molar-refractivity contribution in [3.63, 3.8) is 0 Å². The molecule has 0 radical (unpaired) electrons. The molecule has 0 saturated heterocycles. The van der Waals surface area contributed by atoms with Crippen molar-refractivity contribution in [2.24, 2.45) is 0 Å². The standard InChI is InChI=1S/C32H24N2O2/c1-18-2-6-27-29(16-33-31(27)10-18)21-11-20(26-7-3-19-14-23(35)4-8-25(19)26)12-22(13-21)30-17-34-32-15-24(36)5-9-28(30)32/h2,4-17,33-36H,3H2,1H3. The van der Waals surface area contributed by atoms with Gasteiger partial charge >= 0.3 is 0 Å². The molecule has 1 aliphatic rings. The second kappa shape index (κ2) is 7.65. The van der Waals surface area contributed by atoms with Crippen LogP contribution in [0.4, 0.5) is 0 Å². The van der Waals surface area contributed by atoms with E-state index in [9.17, 15) is 10.2 Å². The van der Waals surface area contributed by atoms with Crippen LogP contribution in [0, 0.1) is 6.92 Å². The Morgan fingerprint density at radius 1 is 0.611 bits per heavy atom. The first-order valence-electron chi connectivity index (χ1n) is 12.1. The average molecular weight is 469 g/mol. The van der Waals surface area contributed by atoms with Gasteiger partial charge in [0.15, 0.2) is 0 Å². The first kappa shape index (κ1) is 20.7. The van der Waals surface area contributed by atoms with E-state index in [2.05, 4.69) is 65.6 Å². The fraction of sp³-hybridized carbons (Fsp3) is 0.0625. The highest BCUT2D eigenvalue weighted by Gasteiger charge is 2.19. The molecule has 2 aromatic heterocycles. The Bertz CT molecular complexity index is 1750. The lowest BCUT2D eigenvalue weighted by Crippen LogP contribution is -1.90. The molecule has 0 spiro atoms. The lowest BCUT2D eigenvalue weighted by atomic mass is 9.91. The number of hydrogen-bond acceptors (Lipinski definition) is 2. The molecule has 0 bridgehead atoms. The fourth-order valence-electron chi connectivity index (χ4n) is 5.53. The first-order valence-corrected chi connectivity index (χ1v) is 12.1. The molecule has 0 aliphatic heterocycles. The Balaban J connectivity index is 1.46. The summed E-state index contributed by atoms with van der Waals surface area (Å²) in [5.41, 5.74) is 12.4. The van der Waals surface area contributed by atoms with Crippen LogP contribution >= 0.6 is 0 Å². The van der Waals surface area contributed by atoms with Gasteiger partial charge in [0.1, 0.15) is 11.5 Å². The second-order valence-electron chi connectivity index (χ2n) is 9.65. The molecule has 4 heteroatoms. The van der Waals surface area contributed by atoms with Gasteiger partial charge in [-0.15, -0.1) is 0 Å². The third-order valence-electron chi connectivity index (χ3n) is 7.27. The Morgan fingerprint density at radius 2 is 1.22 bits per heavy atom. The van der Waals surface area contributed by atoms with Crippen LogP contribution in [0.25, 0.3) is 49.6 Å². The predicted molar refractivity (Wildman–Crippen MR) is 146 cm³/mol. The molecule has 1 aliphatic carbocycles. The summed E-state index contributed by atoms with van der Waals surface area (Å²) in [5, 5.41) is 22.2. The lowest BCUT2D eigenvalue weighted by molar-refractivity contribution is 0.474. The topological polar surface area (TPSA) is 72.0 Å². The molecule has 2 heterocycles. The van der Waals surface area contributed by atoms with Crippen molar-refractivity contribution < 1.29 is 10.2 Å². The maximum absolute atomic E-state index is 9.98. The Hall–Kier alpha value is -4.70. The maximum atomic E-state index is 9.98. The SMILES string of the molecule is Cc1ccc2c(-c3cc(C4=CCc5cc(O)ccc54)cc(-c4c[nH]c5cc(O)ccc45)c3)c[nH]c2c1. The smallest absolute Gasteiger partial charge is 0.117 e. The van der Waals surface area contributed by atoms with Gasteiger partial charge in [-0.1, -0.05) is 24.3 Å². The fourth-order valence-corrected chi connectivity index (χ4v) is 5.53. The summed E-state index contributed by atoms with van der Waals surface area (Å²) in [7, 11) is 0. The van der Waals surface area contributed by atoms with Gasteiger partial charge in [0.25, 0.3) is 0 Å². The monoisotopic (exact) mass is 468 g/mol. The van der Waals surface area contributed by atoms with Crippen molar-refractivity contribution in [2.45, 2.75) is 13.3 Å². The average Bonchev–Trinajstić information content (AvgIpc) is 3.59. The van der Waals surface area contributed by atoms with E-state index in [-0.39, 0.29) is 5.75 Å². The Morgan fingerprint density at radius 3 is 1.97 bits per heavy atom. The minimum Gasteiger partial charge on any atom is -0.508 e. The number of aromatic amines is 2. The van der Waals surface area contributed by atoms with E-state index in [1.165, 1.54) is 16.5 Å². The van der Waals surface area contributed by atoms with Crippen molar-refractivity contribution in [1.82, 2.24) is 9.97 Å². The van der Waals surface area contributed by atoms with E-state index in [1.54, 1.807) is 18.2 Å². The molecule has 0 atom stereocenters. The summed E-state index contributed by atoms with van der Waals surface area (Å²) < 4.78 is 0. The summed E-state index contributed by atoms with van der Waals surface area (Å²) >= 11 is 0. The number of aromatic hydroxyl groups is 2. The van der Waals surface area contributed by atoms with Gasteiger partial charge < -0.3 is 20.2 Å². The number of H-pyrrole nitrogens is 2. The zero-order chi connectivity index (χ0) is 24.4. The number of phenolic OH excluding ortho intramolecular Hbond substituents is 2. The number of hydrogen-bond donors (Lipinski definition) is 4. The quantitative estimate of drug-likeness (QED) is 0.215. The van der Waals surface area contributed by atoms with E-state index >= 15 is 0 Å². The first-order chi connectivity index (χ1) is 17.5. The third kappa shape index (κ3) is 3.23. The van der Waals surface area contributed by atoms with Gasteiger partial charge in [0, 0.05) is 51.4 Å². The molecule has 4 aromatic carbocycles. The van der Waals surface area contributed by atoms with Crippen LogP contribution in [0.1, 0.15) is 22.3 Å². The van der Waals surface area contributed by atoms with Crippen molar-refractivity contribution in [3.05, 3.63) is 114 Å². The summed E-state index contributed by atoms with van der Waals surface area (Å²) in [6, 6.07) is 24.3. The number of phenols is 2. The van der Waals surface area contributed by atoms with Crippen molar-refractivity contribution in [2.75, 3.05) is 0 Å². The molecule has 0 amide bonds. The highest BCUT2D eigenvalue weighted by Crippen LogP contribution is 2.41. The number of rotatable bonds is 3. The summed E-state index contributed by atoms with van der Waals surface area (Å²) in [5.74, 6) is 0.546. The lowest BCUT2D eigenvalue weighted by Gasteiger charge is -2.13. The van der Waals surface area contributed by atoms with Gasteiger partial charge in [-0.2, -0.15) is 0 Å². The molecule has 4 nitrogen and oxygen atoms in total. The van der Waals surface area contributed by atoms with E-state index in [0.29, 0.717) is 5.75 Å². The highest BCUT2D eigenvalue weighted by molar-refractivity contribution is 6.01. The van der Waals surface area contributed by atoms with Crippen molar-refractivity contribution >= 4 is 27.4 Å². The number of nitrogens with one attached hydrogen (secondary N) is 2. The van der Waals surface area contributed by atoms with Crippen LogP contribution in [-0.2, 0) is 6.42 Å². The molecule has 174 valence electrons. The molecule has 7 rings (SSSR count). The zero-order valence-electron chi connectivity index (χ0n) is 19.8. The number of allylic oxidation sites excluding steroid dienone is 1. The van der Waals surface area contributed by atoms with Crippen LogP contribution < -0.4 is 0 Å². The molecule has 0 saturated carbocycles. The zero-order valence-corrected chi connectivity index (χ0v) is 19.8. The molecular formula is C32H24N2O2. The molecule has 0 unspecified atom stereocenters. The van der Waals surface area contributed by atoms with Crippen LogP contribution in [0.3, 0.4) is 0 Å². The van der Waals surface area contributed by atoms with E-state index in [4.69, 9.17) is 0 Å². The predicted octanol–water partition coefficient (Wildman–Crippen LogP) is 7.69. The second-order valence-corrected chi connectivity index (χ2v) is 9.65.